The van der Waals surface area contributed by atoms with Crippen LogP contribution in [0.15, 0.2) is 18.2 Å². The lowest BCUT2D eigenvalue weighted by atomic mass is 10.1. The molecule has 1 amide bonds. The van der Waals surface area contributed by atoms with Gasteiger partial charge in [-0.05, 0) is 25.0 Å². The van der Waals surface area contributed by atoms with Crippen molar-refractivity contribution < 1.29 is 4.79 Å². The Balaban J connectivity index is 2.77. The first kappa shape index (κ1) is 12.3. The Bertz CT molecular complexity index is 432. The third-order valence-electron chi connectivity index (χ3n) is 2.57. The number of carbonyl (C=O) groups excluding carboxylic acids is 1. The summed E-state index contributed by atoms with van der Waals surface area (Å²) in [6.45, 7) is 4.62. The predicted molar refractivity (Wildman–Crippen MR) is 62.6 cm³/mol. The smallest absolute Gasteiger partial charge is 0.236 e. The number of rotatable bonds is 3. The fourth-order valence-electron chi connectivity index (χ4n) is 1.52. The van der Waals surface area contributed by atoms with E-state index in [0.29, 0.717) is 6.54 Å². The van der Waals surface area contributed by atoms with Crippen molar-refractivity contribution in [2.24, 2.45) is 0 Å². The van der Waals surface area contributed by atoms with Crippen molar-refractivity contribution in [3.63, 3.8) is 0 Å². The zero-order valence-corrected chi connectivity index (χ0v) is 9.95. The lowest BCUT2D eigenvalue weighted by Crippen LogP contribution is -2.25. The van der Waals surface area contributed by atoms with Crippen LogP contribution in [-0.4, -0.2) is 17.9 Å². The summed E-state index contributed by atoms with van der Waals surface area (Å²) in [6, 6.07) is 8.04. The van der Waals surface area contributed by atoms with Crippen LogP contribution in [0.1, 0.15) is 23.1 Å². The van der Waals surface area contributed by atoms with E-state index < -0.39 is 0 Å². The molecular formula is C13H16N2O. The van der Waals surface area contributed by atoms with Crippen molar-refractivity contribution in [1.82, 2.24) is 4.90 Å². The van der Waals surface area contributed by atoms with Gasteiger partial charge in [-0.3, -0.25) is 4.79 Å². The van der Waals surface area contributed by atoms with Crippen LogP contribution in [0.2, 0.25) is 0 Å². The number of carbonyl (C=O) groups is 1. The summed E-state index contributed by atoms with van der Waals surface area (Å²) in [6.07, 6.45) is -0.0542. The van der Waals surface area contributed by atoms with Crippen molar-refractivity contribution in [3.8, 4) is 6.07 Å². The summed E-state index contributed by atoms with van der Waals surface area (Å²) in [5.41, 5.74) is 3.48. The molecule has 1 aromatic rings. The van der Waals surface area contributed by atoms with Gasteiger partial charge in [0.15, 0.2) is 0 Å². The molecule has 0 fully saturated rings. The lowest BCUT2D eigenvalue weighted by molar-refractivity contribution is -0.129. The quantitative estimate of drug-likeness (QED) is 0.777. The maximum absolute atomic E-state index is 11.4. The summed E-state index contributed by atoms with van der Waals surface area (Å²) in [7, 11) is 1.72. The van der Waals surface area contributed by atoms with Crippen LogP contribution in [0.3, 0.4) is 0 Å². The summed E-state index contributed by atoms with van der Waals surface area (Å²) in [5, 5.41) is 8.45. The van der Waals surface area contributed by atoms with Gasteiger partial charge in [0.25, 0.3) is 0 Å². The van der Waals surface area contributed by atoms with Gasteiger partial charge in [-0.1, -0.05) is 23.8 Å². The summed E-state index contributed by atoms with van der Waals surface area (Å²) >= 11 is 0. The maximum atomic E-state index is 11.4. The zero-order valence-electron chi connectivity index (χ0n) is 9.95. The number of hydrogen-bond acceptors (Lipinski definition) is 2. The highest BCUT2D eigenvalue weighted by Gasteiger charge is 2.09. The largest absolute Gasteiger partial charge is 0.341 e. The molecule has 0 saturated heterocycles. The molecule has 0 aliphatic rings. The van der Waals surface area contributed by atoms with E-state index in [2.05, 4.69) is 12.1 Å². The molecule has 0 spiro atoms. The van der Waals surface area contributed by atoms with Gasteiger partial charge in [0.05, 0.1) is 6.07 Å². The minimum atomic E-state index is -0.136. The molecule has 16 heavy (non-hydrogen) atoms. The molecule has 3 nitrogen and oxygen atoms in total. The predicted octanol–water partition coefficient (Wildman–Crippen LogP) is 2.18. The minimum absolute atomic E-state index is 0.0542. The average Bonchev–Trinajstić information content (AvgIpc) is 2.23. The van der Waals surface area contributed by atoms with Crippen LogP contribution in [0.5, 0.6) is 0 Å². The monoisotopic (exact) mass is 216 g/mol. The number of nitrogens with zero attached hydrogens (tertiary/aromatic N) is 2. The Morgan fingerprint density at radius 1 is 1.44 bits per heavy atom. The number of amides is 1. The minimum Gasteiger partial charge on any atom is -0.341 e. The Hall–Kier alpha value is -1.82. The van der Waals surface area contributed by atoms with E-state index in [4.69, 9.17) is 5.26 Å². The molecule has 84 valence electrons. The van der Waals surface area contributed by atoms with Gasteiger partial charge in [0.1, 0.15) is 6.42 Å². The molecule has 0 bridgehead atoms. The Morgan fingerprint density at radius 3 is 2.75 bits per heavy atom. The van der Waals surface area contributed by atoms with Crippen LogP contribution in [-0.2, 0) is 11.3 Å². The van der Waals surface area contributed by atoms with Crippen molar-refractivity contribution in [2.45, 2.75) is 26.8 Å². The fraction of sp³-hybridized carbons (Fsp3) is 0.385. The highest BCUT2D eigenvalue weighted by atomic mass is 16.2. The molecule has 0 aromatic heterocycles. The average molecular weight is 216 g/mol. The van der Waals surface area contributed by atoms with Crippen LogP contribution in [0, 0.1) is 25.2 Å². The first-order valence-electron chi connectivity index (χ1n) is 5.21. The summed E-state index contributed by atoms with van der Waals surface area (Å²) < 4.78 is 0. The highest BCUT2D eigenvalue weighted by Crippen LogP contribution is 2.12. The second kappa shape index (κ2) is 5.32. The molecule has 0 heterocycles. The molecule has 0 aliphatic heterocycles. The maximum Gasteiger partial charge on any atom is 0.236 e. The second-order valence-corrected chi connectivity index (χ2v) is 4.01. The Morgan fingerprint density at radius 2 is 2.12 bits per heavy atom. The molecule has 0 radical (unpaired) electrons. The molecule has 0 atom stereocenters. The van der Waals surface area contributed by atoms with E-state index in [1.165, 1.54) is 11.1 Å². The van der Waals surface area contributed by atoms with E-state index in [0.717, 1.165) is 5.56 Å². The molecular weight excluding hydrogens is 200 g/mol. The third kappa shape index (κ3) is 3.09. The van der Waals surface area contributed by atoms with Gasteiger partial charge in [0, 0.05) is 13.6 Å². The molecule has 3 heteroatoms. The second-order valence-electron chi connectivity index (χ2n) is 4.01. The van der Waals surface area contributed by atoms with E-state index in [1.807, 2.05) is 26.0 Å². The SMILES string of the molecule is Cc1ccc(C)c(CN(C)C(=O)CC#N)c1. The molecule has 0 saturated carbocycles. The van der Waals surface area contributed by atoms with Crippen LogP contribution in [0.25, 0.3) is 0 Å². The van der Waals surface area contributed by atoms with E-state index >= 15 is 0 Å². The fourth-order valence-corrected chi connectivity index (χ4v) is 1.52. The first-order valence-corrected chi connectivity index (χ1v) is 5.21. The number of nitriles is 1. The highest BCUT2D eigenvalue weighted by molar-refractivity contribution is 5.77. The van der Waals surface area contributed by atoms with Gasteiger partial charge in [-0.25, -0.2) is 0 Å². The van der Waals surface area contributed by atoms with Gasteiger partial charge in [0.2, 0.25) is 5.91 Å². The van der Waals surface area contributed by atoms with Gasteiger partial charge in [-0.2, -0.15) is 5.26 Å². The molecule has 0 N–H and O–H groups in total. The first-order chi connectivity index (χ1) is 7.54. The molecule has 1 aromatic carbocycles. The van der Waals surface area contributed by atoms with Crippen LogP contribution < -0.4 is 0 Å². The number of hydrogen-bond donors (Lipinski definition) is 0. The number of benzene rings is 1. The lowest BCUT2D eigenvalue weighted by Gasteiger charge is -2.17. The van der Waals surface area contributed by atoms with Crippen LogP contribution in [0.4, 0.5) is 0 Å². The summed E-state index contributed by atoms with van der Waals surface area (Å²) in [4.78, 5) is 13.0. The summed E-state index contributed by atoms with van der Waals surface area (Å²) in [5.74, 6) is -0.136. The Labute approximate surface area is 96.3 Å². The van der Waals surface area contributed by atoms with Crippen LogP contribution >= 0.6 is 0 Å². The number of aryl methyl sites for hydroxylation is 2. The molecule has 0 unspecified atom stereocenters. The van der Waals surface area contributed by atoms with Gasteiger partial charge in [-0.15, -0.1) is 0 Å². The van der Waals surface area contributed by atoms with E-state index in [9.17, 15) is 4.79 Å². The molecule has 0 aliphatic carbocycles. The van der Waals surface area contributed by atoms with Crippen molar-refractivity contribution >= 4 is 5.91 Å². The van der Waals surface area contributed by atoms with E-state index in [-0.39, 0.29) is 12.3 Å². The Kier molecular flexibility index (Phi) is 4.07. The van der Waals surface area contributed by atoms with Gasteiger partial charge >= 0.3 is 0 Å². The zero-order chi connectivity index (χ0) is 12.1. The van der Waals surface area contributed by atoms with E-state index in [1.54, 1.807) is 11.9 Å². The normalized spacial score (nSPS) is 9.62. The van der Waals surface area contributed by atoms with Crippen molar-refractivity contribution in [1.29, 1.82) is 5.26 Å². The van der Waals surface area contributed by atoms with Crippen molar-refractivity contribution in [2.75, 3.05) is 7.05 Å². The third-order valence-corrected chi connectivity index (χ3v) is 2.57. The van der Waals surface area contributed by atoms with Crippen molar-refractivity contribution in [3.05, 3.63) is 34.9 Å². The van der Waals surface area contributed by atoms with Gasteiger partial charge < -0.3 is 4.90 Å². The standard InChI is InChI=1S/C13H16N2O/c1-10-4-5-11(2)12(8-10)9-15(3)13(16)6-7-14/h4-5,8H,6,9H2,1-3H3. The molecule has 1 rings (SSSR count). The topological polar surface area (TPSA) is 44.1 Å².